The molecule has 0 saturated heterocycles. The van der Waals surface area contributed by atoms with Gasteiger partial charge < -0.3 is 14.0 Å². The fourth-order valence-electron chi connectivity index (χ4n) is 8.51. The van der Waals surface area contributed by atoms with Crippen molar-refractivity contribution in [2.45, 2.75) is 39.5 Å². The number of fused-ring (bicyclic) bond motifs is 4. The minimum atomic E-state index is 0. The summed E-state index contributed by atoms with van der Waals surface area (Å²) in [7, 11) is 0. The third-order valence-corrected chi connectivity index (χ3v) is 11.7. The summed E-state index contributed by atoms with van der Waals surface area (Å²) in [5.41, 5.74) is 16.9. The zero-order valence-electron chi connectivity index (χ0n) is 36.5. The molecular formula is C58H45IrN5O-2. The van der Waals surface area contributed by atoms with Crippen LogP contribution in [0.3, 0.4) is 0 Å². The van der Waals surface area contributed by atoms with E-state index in [0.717, 1.165) is 72.4 Å². The van der Waals surface area contributed by atoms with Crippen LogP contribution in [0.1, 0.15) is 50.7 Å². The van der Waals surface area contributed by atoms with Gasteiger partial charge in [-0.3, -0.25) is 4.98 Å². The van der Waals surface area contributed by atoms with Crippen LogP contribution in [0.25, 0.3) is 94.8 Å². The van der Waals surface area contributed by atoms with E-state index in [0.29, 0.717) is 0 Å². The Morgan fingerprint density at radius 1 is 0.538 bits per heavy atom. The number of aromatic nitrogens is 5. The van der Waals surface area contributed by atoms with Crippen molar-refractivity contribution in [2.24, 2.45) is 0 Å². The molecule has 0 N–H and O–H groups in total. The fourth-order valence-corrected chi connectivity index (χ4v) is 8.51. The van der Waals surface area contributed by atoms with Crippen LogP contribution in [0.5, 0.6) is 0 Å². The van der Waals surface area contributed by atoms with Gasteiger partial charge >= 0.3 is 0 Å². The number of hydrogen-bond donors (Lipinski definition) is 0. The summed E-state index contributed by atoms with van der Waals surface area (Å²) in [5, 5.41) is 2.15. The maximum absolute atomic E-state index is 6.73. The van der Waals surface area contributed by atoms with Crippen molar-refractivity contribution in [3.05, 3.63) is 212 Å². The van der Waals surface area contributed by atoms with Gasteiger partial charge in [-0.15, -0.1) is 48.0 Å². The zero-order chi connectivity index (χ0) is 43.6. The maximum Gasteiger partial charge on any atom is 0.121 e. The number of para-hydroxylation sites is 2. The average molecular weight is 1020 g/mol. The number of pyridine rings is 1. The molecule has 0 bridgehead atoms. The summed E-state index contributed by atoms with van der Waals surface area (Å²) >= 11 is 0. The van der Waals surface area contributed by atoms with Crippen molar-refractivity contribution in [3.8, 4) is 61.8 Å². The van der Waals surface area contributed by atoms with Gasteiger partial charge in [0, 0.05) is 43.6 Å². The van der Waals surface area contributed by atoms with E-state index in [4.69, 9.17) is 9.40 Å². The monoisotopic (exact) mass is 1020 g/mol. The van der Waals surface area contributed by atoms with E-state index in [2.05, 4.69) is 175 Å². The molecule has 1 radical (unpaired) electrons. The number of furan rings is 1. The second kappa shape index (κ2) is 18.8. The minimum absolute atomic E-state index is 0. The van der Waals surface area contributed by atoms with E-state index in [1.807, 2.05) is 54.6 Å². The molecule has 0 aliphatic carbocycles. The molecule has 6 nitrogen and oxygen atoms in total. The summed E-state index contributed by atoms with van der Waals surface area (Å²) in [6, 6.07) is 65.3. The van der Waals surface area contributed by atoms with E-state index in [-0.39, 0.29) is 31.9 Å². The Morgan fingerprint density at radius 2 is 1.23 bits per heavy atom. The van der Waals surface area contributed by atoms with Crippen molar-refractivity contribution in [1.82, 2.24) is 24.5 Å². The number of hydrogen-bond acceptors (Lipinski definition) is 5. The second-order valence-corrected chi connectivity index (χ2v) is 16.5. The van der Waals surface area contributed by atoms with Crippen LogP contribution in [0.2, 0.25) is 0 Å². The Morgan fingerprint density at radius 3 is 1.92 bits per heavy atom. The quantitative estimate of drug-likeness (QED) is 0.142. The van der Waals surface area contributed by atoms with Gasteiger partial charge in [0.15, 0.2) is 0 Å². The zero-order valence-corrected chi connectivity index (χ0v) is 38.9. The Labute approximate surface area is 393 Å². The first-order valence-corrected chi connectivity index (χ1v) is 21.7. The van der Waals surface area contributed by atoms with Crippen LogP contribution in [0.15, 0.2) is 193 Å². The summed E-state index contributed by atoms with van der Waals surface area (Å²) < 4.78 is 9.10. The number of benzene rings is 7. The molecule has 0 atom stereocenters. The second-order valence-electron chi connectivity index (χ2n) is 16.5. The van der Waals surface area contributed by atoms with Crippen LogP contribution < -0.4 is 0 Å². The molecule has 11 aromatic rings. The van der Waals surface area contributed by atoms with Crippen molar-refractivity contribution < 1.29 is 24.5 Å². The van der Waals surface area contributed by atoms with Gasteiger partial charge in [-0.1, -0.05) is 141 Å². The van der Waals surface area contributed by atoms with Gasteiger partial charge in [-0.2, -0.15) is 0 Å². The average Bonchev–Trinajstić information content (AvgIpc) is 3.93. The summed E-state index contributed by atoms with van der Waals surface area (Å²) in [6.45, 7) is 9.14. The van der Waals surface area contributed by atoms with Gasteiger partial charge in [-0.05, 0) is 93.4 Å². The molecule has 319 valence electrons. The van der Waals surface area contributed by atoms with Crippen molar-refractivity contribution >= 4 is 33.0 Å². The van der Waals surface area contributed by atoms with Crippen molar-refractivity contribution in [1.29, 1.82) is 0 Å². The molecule has 7 heteroatoms. The predicted octanol–water partition coefficient (Wildman–Crippen LogP) is 15.0. The molecule has 65 heavy (non-hydrogen) atoms. The fraction of sp³-hybridized carbons (Fsp3) is 0.103. The van der Waals surface area contributed by atoms with Crippen LogP contribution in [0.4, 0.5) is 0 Å². The number of nitrogens with zero attached hydrogens (tertiary/aromatic N) is 5. The van der Waals surface area contributed by atoms with Gasteiger partial charge in [0.1, 0.15) is 11.9 Å². The predicted molar refractivity (Wildman–Crippen MR) is 261 cm³/mol. The van der Waals surface area contributed by atoms with Crippen LogP contribution in [-0.2, 0) is 20.1 Å². The molecule has 4 aromatic heterocycles. The topological polar surface area (TPSA) is 69.6 Å². The molecule has 0 aliphatic heterocycles. The Bertz CT molecular complexity index is 3300. The van der Waals surface area contributed by atoms with Gasteiger partial charge in [0.25, 0.3) is 0 Å². The third kappa shape index (κ3) is 8.57. The first-order chi connectivity index (χ1) is 31.4. The maximum atomic E-state index is 6.73. The minimum Gasteiger partial charge on any atom is -0.501 e. The molecule has 4 heterocycles. The summed E-state index contributed by atoms with van der Waals surface area (Å²) in [5.74, 6) is 1.41. The number of imidazole rings is 1. The van der Waals surface area contributed by atoms with E-state index < -0.39 is 0 Å². The third-order valence-electron chi connectivity index (χ3n) is 11.7. The van der Waals surface area contributed by atoms with E-state index in [9.17, 15) is 0 Å². The molecule has 0 unspecified atom stereocenters. The van der Waals surface area contributed by atoms with E-state index in [1.165, 1.54) is 33.5 Å². The normalized spacial score (nSPS) is 11.2. The Balaban J connectivity index is 0.000000235. The smallest absolute Gasteiger partial charge is 0.121 e. The molecule has 0 saturated carbocycles. The molecule has 0 amide bonds. The molecule has 0 spiro atoms. The van der Waals surface area contributed by atoms with Gasteiger partial charge in [0.05, 0.1) is 28.1 Å². The molecular weight excluding hydrogens is 975 g/mol. The largest absolute Gasteiger partial charge is 0.501 e. The summed E-state index contributed by atoms with van der Waals surface area (Å²) in [4.78, 5) is 17.8. The van der Waals surface area contributed by atoms with E-state index >= 15 is 0 Å². The van der Waals surface area contributed by atoms with Gasteiger partial charge in [-0.25, -0.2) is 9.97 Å². The van der Waals surface area contributed by atoms with Crippen LogP contribution in [0, 0.1) is 12.1 Å². The molecule has 11 rings (SSSR count). The first-order valence-electron chi connectivity index (χ1n) is 21.7. The van der Waals surface area contributed by atoms with Crippen LogP contribution >= 0.6 is 0 Å². The molecule has 7 aromatic carbocycles. The van der Waals surface area contributed by atoms with Crippen molar-refractivity contribution in [2.75, 3.05) is 0 Å². The van der Waals surface area contributed by atoms with Crippen molar-refractivity contribution in [3.63, 3.8) is 0 Å². The van der Waals surface area contributed by atoms with E-state index in [1.54, 1.807) is 18.7 Å². The SMILES string of the molecule is CC(C)c1cc(-c2ccccc2)cc(C(C)C)c1-n1c(-c2[c-]ccc3c2oc2cc(-c4ccccc4)ccc23)nc2ccccc21.[Ir].[c-]1ccc(-c2ccncn2)cc1-c1ccccn1. The van der Waals surface area contributed by atoms with Gasteiger partial charge in [0.2, 0.25) is 0 Å². The summed E-state index contributed by atoms with van der Waals surface area (Å²) in [6.07, 6.45) is 5.06. The molecule has 0 fully saturated rings. The van der Waals surface area contributed by atoms with Crippen LogP contribution in [-0.4, -0.2) is 24.5 Å². The Hall–Kier alpha value is -7.31. The standard InChI is InChI=1S/C43H35N2O.C15H10N3.Ir/c1-27(2)36-24-32(30-16-9-6-10-17-30)25-37(28(3)4)41(36)45-39-21-12-11-20-38(39)44-43(45)35-19-13-18-34-33-23-22-31(26-40(33)46-42(34)35)29-14-7-5-8-15-29;1-2-8-17-14(6-1)12-4-3-5-13(10-12)15-7-9-16-11-18-15;/h5-18,20-28H,1-4H3;1-3,5-11H;/q2*-1;. The molecule has 0 aliphatic rings. The Kier molecular flexibility index (Phi) is 12.4. The first kappa shape index (κ1) is 43.0. The number of rotatable bonds is 8.